The standard InChI is InChI=1S/C26H28ClNO4/c1-29-22-10-6-8-19(26(22)32-4)16-28-12-11-17-14-23(30-2)24(31-3)15-21(17)25(28)18-7-5-9-20(27)13-18/h5-10,13-15,25H,11-12,16H2,1-4H3/t25-/m0/s1. The van der Waals surface area contributed by atoms with Crippen molar-refractivity contribution in [2.45, 2.75) is 19.0 Å². The van der Waals surface area contributed by atoms with Gasteiger partial charge < -0.3 is 18.9 Å². The first kappa shape index (κ1) is 22.3. The van der Waals surface area contributed by atoms with E-state index in [0.717, 1.165) is 47.1 Å². The number of hydrogen-bond donors (Lipinski definition) is 0. The van der Waals surface area contributed by atoms with Gasteiger partial charge in [0, 0.05) is 23.7 Å². The molecule has 32 heavy (non-hydrogen) atoms. The fourth-order valence-corrected chi connectivity index (χ4v) is 4.73. The Bertz CT molecular complexity index is 1100. The summed E-state index contributed by atoms with van der Waals surface area (Å²) in [6, 6.07) is 18.2. The summed E-state index contributed by atoms with van der Waals surface area (Å²) >= 11 is 6.39. The van der Waals surface area contributed by atoms with E-state index < -0.39 is 0 Å². The SMILES string of the molecule is COc1cc2c(cc1OC)[C@H](c1cccc(Cl)c1)N(Cc1cccc(OC)c1OC)CC2. The Morgan fingerprint density at radius 3 is 2.25 bits per heavy atom. The van der Waals surface area contributed by atoms with Gasteiger partial charge in [-0.2, -0.15) is 0 Å². The second-order valence-corrected chi connectivity index (χ2v) is 8.17. The van der Waals surface area contributed by atoms with Gasteiger partial charge in [-0.3, -0.25) is 4.90 Å². The van der Waals surface area contributed by atoms with E-state index in [1.165, 1.54) is 11.1 Å². The molecule has 1 atom stereocenters. The second-order valence-electron chi connectivity index (χ2n) is 7.74. The molecule has 3 aromatic rings. The topological polar surface area (TPSA) is 40.2 Å². The van der Waals surface area contributed by atoms with E-state index in [2.05, 4.69) is 29.2 Å². The highest BCUT2D eigenvalue weighted by Crippen LogP contribution is 2.43. The number of halogens is 1. The van der Waals surface area contributed by atoms with Crippen LogP contribution in [0, 0.1) is 0 Å². The van der Waals surface area contributed by atoms with Crippen molar-refractivity contribution in [3.8, 4) is 23.0 Å². The largest absolute Gasteiger partial charge is 0.493 e. The van der Waals surface area contributed by atoms with Gasteiger partial charge in [-0.15, -0.1) is 0 Å². The quantitative estimate of drug-likeness (QED) is 0.471. The lowest BCUT2D eigenvalue weighted by molar-refractivity contribution is 0.200. The molecule has 4 rings (SSSR count). The van der Waals surface area contributed by atoms with Crippen molar-refractivity contribution in [1.29, 1.82) is 0 Å². The summed E-state index contributed by atoms with van der Waals surface area (Å²) in [5, 5.41) is 0.717. The van der Waals surface area contributed by atoms with Crippen LogP contribution in [-0.2, 0) is 13.0 Å². The number of para-hydroxylation sites is 1. The first-order valence-electron chi connectivity index (χ1n) is 10.5. The average Bonchev–Trinajstić information content (AvgIpc) is 2.82. The molecule has 5 nitrogen and oxygen atoms in total. The maximum atomic E-state index is 6.39. The highest BCUT2D eigenvalue weighted by atomic mass is 35.5. The third-order valence-electron chi connectivity index (χ3n) is 6.00. The van der Waals surface area contributed by atoms with Gasteiger partial charge >= 0.3 is 0 Å². The summed E-state index contributed by atoms with van der Waals surface area (Å²) in [4.78, 5) is 2.44. The molecule has 168 valence electrons. The molecule has 0 fully saturated rings. The Morgan fingerprint density at radius 1 is 0.844 bits per heavy atom. The highest BCUT2D eigenvalue weighted by molar-refractivity contribution is 6.30. The molecule has 0 unspecified atom stereocenters. The molecule has 0 aromatic heterocycles. The zero-order valence-electron chi connectivity index (χ0n) is 18.9. The minimum absolute atomic E-state index is 0.00756. The van der Waals surface area contributed by atoms with Gasteiger partial charge in [0.2, 0.25) is 0 Å². The molecule has 0 radical (unpaired) electrons. The maximum absolute atomic E-state index is 6.39. The van der Waals surface area contributed by atoms with E-state index in [-0.39, 0.29) is 6.04 Å². The van der Waals surface area contributed by atoms with Crippen LogP contribution in [0.4, 0.5) is 0 Å². The van der Waals surface area contributed by atoms with Crippen LogP contribution in [0.25, 0.3) is 0 Å². The molecule has 0 aliphatic carbocycles. The lowest BCUT2D eigenvalue weighted by Gasteiger charge is -2.38. The Balaban J connectivity index is 1.82. The van der Waals surface area contributed by atoms with Crippen molar-refractivity contribution in [3.05, 3.63) is 81.9 Å². The van der Waals surface area contributed by atoms with Crippen molar-refractivity contribution in [3.63, 3.8) is 0 Å². The molecule has 3 aromatic carbocycles. The third kappa shape index (κ3) is 4.23. The Kier molecular flexibility index (Phi) is 6.77. The summed E-state index contributed by atoms with van der Waals surface area (Å²) in [7, 11) is 6.68. The second kappa shape index (κ2) is 9.72. The van der Waals surface area contributed by atoms with Crippen LogP contribution in [0.2, 0.25) is 5.02 Å². The molecule has 0 saturated heterocycles. The van der Waals surface area contributed by atoms with Crippen LogP contribution >= 0.6 is 11.6 Å². The molecule has 0 N–H and O–H groups in total. The van der Waals surface area contributed by atoms with E-state index in [1.807, 2.05) is 30.3 Å². The van der Waals surface area contributed by atoms with Gasteiger partial charge in [-0.05, 0) is 53.4 Å². The number of ether oxygens (including phenoxy) is 4. The number of rotatable bonds is 7. The fourth-order valence-electron chi connectivity index (χ4n) is 4.53. The first-order valence-corrected chi connectivity index (χ1v) is 10.9. The molecule has 1 aliphatic heterocycles. The predicted octanol–water partition coefficient (Wildman–Crippen LogP) is 5.52. The van der Waals surface area contributed by atoms with Crippen LogP contribution in [0.5, 0.6) is 23.0 Å². The van der Waals surface area contributed by atoms with Crippen molar-refractivity contribution < 1.29 is 18.9 Å². The third-order valence-corrected chi connectivity index (χ3v) is 6.23. The highest BCUT2D eigenvalue weighted by Gasteiger charge is 2.31. The molecule has 6 heteroatoms. The summed E-state index contributed by atoms with van der Waals surface area (Å²) in [6.45, 7) is 1.57. The fraction of sp³-hybridized carbons (Fsp3) is 0.308. The lowest BCUT2D eigenvalue weighted by atomic mass is 9.87. The summed E-state index contributed by atoms with van der Waals surface area (Å²) in [5.41, 5.74) is 4.65. The molecule has 1 aliphatic rings. The molecule has 0 amide bonds. The van der Waals surface area contributed by atoms with Gasteiger partial charge in [-0.25, -0.2) is 0 Å². The van der Waals surface area contributed by atoms with Gasteiger partial charge in [-0.1, -0.05) is 35.9 Å². The van der Waals surface area contributed by atoms with E-state index in [9.17, 15) is 0 Å². The van der Waals surface area contributed by atoms with Gasteiger partial charge in [0.15, 0.2) is 23.0 Å². The predicted molar refractivity (Wildman–Crippen MR) is 127 cm³/mol. The smallest absolute Gasteiger partial charge is 0.165 e. The van der Waals surface area contributed by atoms with E-state index >= 15 is 0 Å². The number of hydrogen-bond acceptors (Lipinski definition) is 5. The van der Waals surface area contributed by atoms with Gasteiger partial charge in [0.1, 0.15) is 0 Å². The number of benzene rings is 3. The van der Waals surface area contributed by atoms with E-state index in [0.29, 0.717) is 11.6 Å². The van der Waals surface area contributed by atoms with E-state index in [1.54, 1.807) is 28.4 Å². The maximum Gasteiger partial charge on any atom is 0.165 e. The zero-order chi connectivity index (χ0) is 22.7. The normalized spacial score (nSPS) is 15.7. The molecule has 0 saturated carbocycles. The average molecular weight is 454 g/mol. The first-order chi connectivity index (χ1) is 15.6. The van der Waals surface area contributed by atoms with Crippen molar-refractivity contribution in [2.75, 3.05) is 35.0 Å². The zero-order valence-corrected chi connectivity index (χ0v) is 19.6. The molecule has 0 bridgehead atoms. The van der Waals surface area contributed by atoms with Gasteiger partial charge in [0.25, 0.3) is 0 Å². The minimum Gasteiger partial charge on any atom is -0.493 e. The number of nitrogens with zero attached hydrogens (tertiary/aromatic N) is 1. The molecular weight excluding hydrogens is 426 g/mol. The Morgan fingerprint density at radius 2 is 1.56 bits per heavy atom. The Hall–Kier alpha value is -2.89. The summed E-state index contributed by atoms with van der Waals surface area (Å²) in [5.74, 6) is 2.96. The van der Waals surface area contributed by atoms with E-state index in [4.69, 9.17) is 30.5 Å². The van der Waals surface area contributed by atoms with Gasteiger partial charge in [0.05, 0.1) is 34.5 Å². The van der Waals surface area contributed by atoms with Crippen molar-refractivity contribution in [1.82, 2.24) is 4.90 Å². The van der Waals surface area contributed by atoms with Crippen LogP contribution in [0.15, 0.2) is 54.6 Å². The Labute approximate surface area is 194 Å². The van der Waals surface area contributed by atoms with Crippen LogP contribution in [0.1, 0.15) is 28.3 Å². The summed E-state index contributed by atoms with van der Waals surface area (Å²) in [6.07, 6.45) is 0.902. The summed E-state index contributed by atoms with van der Waals surface area (Å²) < 4.78 is 22.4. The van der Waals surface area contributed by atoms with Crippen LogP contribution in [-0.4, -0.2) is 39.9 Å². The number of methoxy groups -OCH3 is 4. The van der Waals surface area contributed by atoms with Crippen LogP contribution in [0.3, 0.4) is 0 Å². The molecule has 1 heterocycles. The monoisotopic (exact) mass is 453 g/mol. The molecular formula is C26H28ClNO4. The van der Waals surface area contributed by atoms with Crippen molar-refractivity contribution >= 4 is 11.6 Å². The van der Waals surface area contributed by atoms with Crippen LogP contribution < -0.4 is 18.9 Å². The van der Waals surface area contributed by atoms with Crippen molar-refractivity contribution in [2.24, 2.45) is 0 Å². The lowest BCUT2D eigenvalue weighted by Crippen LogP contribution is -2.36. The number of fused-ring (bicyclic) bond motifs is 1. The minimum atomic E-state index is 0.00756. The molecule has 0 spiro atoms.